The van der Waals surface area contributed by atoms with Gasteiger partial charge in [-0.1, -0.05) is 12.8 Å². The molecule has 136 valence electrons. The van der Waals surface area contributed by atoms with Gasteiger partial charge in [0.25, 0.3) is 0 Å². The second kappa shape index (κ2) is 8.34. The van der Waals surface area contributed by atoms with E-state index in [-0.39, 0.29) is 17.9 Å². The van der Waals surface area contributed by atoms with E-state index in [4.69, 9.17) is 4.74 Å². The highest BCUT2D eigenvalue weighted by Gasteiger charge is 2.38. The van der Waals surface area contributed by atoms with E-state index in [1.165, 1.54) is 25.7 Å². The van der Waals surface area contributed by atoms with Crippen molar-refractivity contribution in [2.45, 2.75) is 50.6 Å². The van der Waals surface area contributed by atoms with Crippen LogP contribution in [0, 0.1) is 5.92 Å². The Morgan fingerprint density at radius 2 is 1.96 bits per heavy atom. The zero-order chi connectivity index (χ0) is 17.6. The van der Waals surface area contributed by atoms with Crippen LogP contribution in [0.3, 0.4) is 0 Å². The number of rotatable bonds is 6. The van der Waals surface area contributed by atoms with Crippen molar-refractivity contribution in [1.82, 2.24) is 10.6 Å². The molecule has 1 heterocycles. The summed E-state index contributed by atoms with van der Waals surface area (Å²) >= 11 is 0. The molecule has 1 aliphatic heterocycles. The molecule has 1 saturated heterocycles. The lowest BCUT2D eigenvalue weighted by Crippen LogP contribution is -2.39. The molecule has 1 aromatic rings. The molecule has 2 aliphatic rings. The maximum atomic E-state index is 12.5. The van der Waals surface area contributed by atoms with Crippen LogP contribution in [0.25, 0.3) is 0 Å². The van der Waals surface area contributed by atoms with E-state index in [1.807, 2.05) is 12.1 Å². The largest absolute Gasteiger partial charge is 0.493 e. The first kappa shape index (κ1) is 17.7. The monoisotopic (exact) mass is 345 g/mol. The SMILES string of the molecule is CNC(=O)CCOc1ccc(NC(=O)C2CC3CCCCC3N2)cc1. The fourth-order valence-electron chi connectivity index (χ4n) is 3.77. The van der Waals surface area contributed by atoms with E-state index in [0.717, 1.165) is 12.1 Å². The van der Waals surface area contributed by atoms with Gasteiger partial charge in [0.05, 0.1) is 19.1 Å². The third-order valence-corrected chi connectivity index (χ3v) is 5.18. The van der Waals surface area contributed by atoms with Crippen molar-refractivity contribution in [3.05, 3.63) is 24.3 Å². The molecule has 3 N–H and O–H groups in total. The highest BCUT2D eigenvalue weighted by atomic mass is 16.5. The lowest BCUT2D eigenvalue weighted by atomic mass is 9.85. The van der Waals surface area contributed by atoms with Crippen molar-refractivity contribution in [1.29, 1.82) is 0 Å². The number of carbonyl (C=O) groups is 2. The maximum Gasteiger partial charge on any atom is 0.241 e. The summed E-state index contributed by atoms with van der Waals surface area (Å²) in [4.78, 5) is 23.6. The zero-order valence-electron chi connectivity index (χ0n) is 14.7. The Kier molecular flexibility index (Phi) is 5.91. The van der Waals surface area contributed by atoms with Gasteiger partial charge in [0.15, 0.2) is 0 Å². The molecule has 0 aromatic heterocycles. The molecule has 1 saturated carbocycles. The molecule has 1 aromatic carbocycles. The van der Waals surface area contributed by atoms with Crippen LogP contribution in [0.1, 0.15) is 38.5 Å². The van der Waals surface area contributed by atoms with Gasteiger partial charge in [-0.3, -0.25) is 9.59 Å². The number of carbonyl (C=O) groups excluding carboxylic acids is 2. The Bertz CT molecular complexity index is 588. The van der Waals surface area contributed by atoms with E-state index in [1.54, 1.807) is 19.2 Å². The molecule has 0 spiro atoms. The number of benzene rings is 1. The molecule has 3 rings (SSSR count). The van der Waals surface area contributed by atoms with Gasteiger partial charge in [-0.2, -0.15) is 0 Å². The number of nitrogens with one attached hydrogen (secondary N) is 3. The first-order chi connectivity index (χ1) is 12.2. The molecule has 0 radical (unpaired) electrons. The van der Waals surface area contributed by atoms with Crippen LogP contribution >= 0.6 is 0 Å². The molecule has 3 unspecified atom stereocenters. The van der Waals surface area contributed by atoms with E-state index in [9.17, 15) is 9.59 Å². The predicted octanol–water partition coefficient (Wildman–Crippen LogP) is 2.06. The summed E-state index contributed by atoms with van der Waals surface area (Å²) in [5, 5.41) is 9.03. The maximum absolute atomic E-state index is 12.5. The fraction of sp³-hybridized carbons (Fsp3) is 0.579. The van der Waals surface area contributed by atoms with Crippen molar-refractivity contribution in [2.24, 2.45) is 5.92 Å². The number of amides is 2. The summed E-state index contributed by atoms with van der Waals surface area (Å²) in [5.41, 5.74) is 0.764. The van der Waals surface area contributed by atoms with Gasteiger partial charge >= 0.3 is 0 Å². The molecule has 2 fully saturated rings. The van der Waals surface area contributed by atoms with Crippen molar-refractivity contribution in [3.63, 3.8) is 0 Å². The van der Waals surface area contributed by atoms with Crippen LogP contribution in [0.5, 0.6) is 5.75 Å². The minimum Gasteiger partial charge on any atom is -0.493 e. The highest BCUT2D eigenvalue weighted by molar-refractivity contribution is 5.95. The van der Waals surface area contributed by atoms with Gasteiger partial charge in [0, 0.05) is 18.8 Å². The predicted molar refractivity (Wildman–Crippen MR) is 96.5 cm³/mol. The van der Waals surface area contributed by atoms with Crippen molar-refractivity contribution < 1.29 is 14.3 Å². The van der Waals surface area contributed by atoms with Crippen LogP contribution in [0.15, 0.2) is 24.3 Å². The van der Waals surface area contributed by atoms with Crippen molar-refractivity contribution in [2.75, 3.05) is 19.0 Å². The average Bonchev–Trinajstić information content (AvgIpc) is 3.07. The number of fused-ring (bicyclic) bond motifs is 1. The van der Waals surface area contributed by atoms with E-state index < -0.39 is 0 Å². The lowest BCUT2D eigenvalue weighted by Gasteiger charge is -2.24. The summed E-state index contributed by atoms with van der Waals surface area (Å²) in [5.74, 6) is 1.34. The van der Waals surface area contributed by atoms with Gasteiger partial charge in [0.1, 0.15) is 5.75 Å². The molecule has 25 heavy (non-hydrogen) atoms. The summed E-state index contributed by atoms with van der Waals surface area (Å²) in [6, 6.07) is 7.70. The first-order valence-corrected chi connectivity index (χ1v) is 9.16. The Hall–Kier alpha value is -2.08. The molecular formula is C19H27N3O3. The average molecular weight is 345 g/mol. The van der Waals surface area contributed by atoms with Gasteiger partial charge in [-0.05, 0) is 49.4 Å². The molecular weight excluding hydrogens is 318 g/mol. The Morgan fingerprint density at radius 1 is 1.20 bits per heavy atom. The Balaban J connectivity index is 1.46. The highest BCUT2D eigenvalue weighted by Crippen LogP contribution is 2.33. The summed E-state index contributed by atoms with van der Waals surface area (Å²) in [7, 11) is 1.61. The minimum absolute atomic E-state index is 0.0442. The van der Waals surface area contributed by atoms with E-state index >= 15 is 0 Å². The number of anilines is 1. The van der Waals surface area contributed by atoms with Gasteiger partial charge in [-0.25, -0.2) is 0 Å². The molecule has 3 atom stereocenters. The topological polar surface area (TPSA) is 79.5 Å². The molecule has 6 nitrogen and oxygen atoms in total. The standard InChI is InChI=1S/C19H27N3O3/c1-20-18(23)10-11-25-15-8-6-14(7-9-15)21-19(24)17-12-13-4-2-3-5-16(13)22-17/h6-9,13,16-17,22H,2-5,10-12H2,1H3,(H,20,23)(H,21,24). The summed E-state index contributed by atoms with van der Waals surface area (Å²) < 4.78 is 5.52. The smallest absolute Gasteiger partial charge is 0.241 e. The third-order valence-electron chi connectivity index (χ3n) is 5.18. The third kappa shape index (κ3) is 4.72. The molecule has 6 heteroatoms. The van der Waals surface area contributed by atoms with Crippen LogP contribution in [0.4, 0.5) is 5.69 Å². The Labute approximate surface area is 148 Å². The normalized spacial score (nSPS) is 25.1. The van der Waals surface area contributed by atoms with Crippen LogP contribution in [0.2, 0.25) is 0 Å². The number of hydrogen-bond donors (Lipinski definition) is 3. The quantitative estimate of drug-likeness (QED) is 0.737. The van der Waals surface area contributed by atoms with Crippen LogP contribution in [-0.2, 0) is 9.59 Å². The number of ether oxygens (including phenoxy) is 1. The van der Waals surface area contributed by atoms with Gasteiger partial charge in [-0.15, -0.1) is 0 Å². The van der Waals surface area contributed by atoms with Crippen LogP contribution < -0.4 is 20.7 Å². The first-order valence-electron chi connectivity index (χ1n) is 9.16. The van der Waals surface area contributed by atoms with Gasteiger partial charge in [0.2, 0.25) is 11.8 Å². The van der Waals surface area contributed by atoms with Crippen molar-refractivity contribution >= 4 is 17.5 Å². The molecule has 1 aliphatic carbocycles. The van der Waals surface area contributed by atoms with Crippen LogP contribution in [-0.4, -0.2) is 37.6 Å². The van der Waals surface area contributed by atoms with E-state index in [0.29, 0.717) is 30.7 Å². The second-order valence-corrected chi connectivity index (χ2v) is 6.89. The minimum atomic E-state index is -0.0865. The summed E-state index contributed by atoms with van der Waals surface area (Å²) in [6.45, 7) is 0.333. The molecule has 2 amide bonds. The zero-order valence-corrected chi connectivity index (χ0v) is 14.7. The summed E-state index contributed by atoms with van der Waals surface area (Å²) in [6.07, 6.45) is 6.25. The second-order valence-electron chi connectivity index (χ2n) is 6.89. The van der Waals surface area contributed by atoms with E-state index in [2.05, 4.69) is 16.0 Å². The molecule has 0 bridgehead atoms. The number of hydrogen-bond acceptors (Lipinski definition) is 4. The fourth-order valence-corrected chi connectivity index (χ4v) is 3.77. The lowest BCUT2D eigenvalue weighted by molar-refractivity contribution is -0.121. The van der Waals surface area contributed by atoms with Crippen molar-refractivity contribution in [3.8, 4) is 5.75 Å². The van der Waals surface area contributed by atoms with Gasteiger partial charge < -0.3 is 20.7 Å². The Morgan fingerprint density at radius 3 is 2.68 bits per heavy atom.